The van der Waals surface area contributed by atoms with Crippen molar-refractivity contribution in [2.45, 2.75) is 136 Å². The third-order valence-corrected chi connectivity index (χ3v) is 10.6. The van der Waals surface area contributed by atoms with Gasteiger partial charge in [0.1, 0.15) is 24.0 Å². The summed E-state index contributed by atoms with van der Waals surface area (Å²) >= 11 is 0. The zero-order chi connectivity index (χ0) is 36.6. The third-order valence-electron chi connectivity index (χ3n) is 10.6. The van der Waals surface area contributed by atoms with Crippen molar-refractivity contribution < 1.29 is 29.1 Å². The van der Waals surface area contributed by atoms with Gasteiger partial charge in [-0.25, -0.2) is 4.98 Å². The van der Waals surface area contributed by atoms with Gasteiger partial charge >= 0.3 is 0 Å². The van der Waals surface area contributed by atoms with E-state index in [1.54, 1.807) is 4.90 Å². The number of aliphatic hydroxyl groups is 1. The number of fused-ring (bicyclic) bond motifs is 2. The van der Waals surface area contributed by atoms with Gasteiger partial charge in [0, 0.05) is 24.6 Å². The smallest absolute Gasteiger partial charge is 0.293 e. The zero-order valence-electron chi connectivity index (χ0n) is 30.4. The number of rotatable bonds is 15. The quantitative estimate of drug-likeness (QED) is 0.136. The van der Waals surface area contributed by atoms with Crippen LogP contribution < -0.4 is 21.3 Å². The van der Waals surface area contributed by atoms with Crippen LogP contribution in [-0.2, 0) is 19.2 Å². The summed E-state index contributed by atoms with van der Waals surface area (Å²) in [5.41, 5.74) is -0.200. The molecule has 1 aromatic rings. The fourth-order valence-electron chi connectivity index (χ4n) is 7.72. The number of nitrogens with one attached hydrogen (secondary N) is 4. The molecule has 7 atom stereocenters. The van der Waals surface area contributed by atoms with Crippen LogP contribution in [0.25, 0.3) is 0 Å². The molecule has 1 saturated heterocycles. The lowest BCUT2D eigenvalue weighted by atomic mass is 9.84. The molecule has 5 N–H and O–H groups in total. The maximum atomic E-state index is 14.7. The molecule has 2 aliphatic carbocycles. The molecule has 13 nitrogen and oxygen atoms in total. The molecule has 3 aliphatic rings. The Labute approximate surface area is 296 Å². The molecule has 1 aliphatic heterocycles. The van der Waals surface area contributed by atoms with E-state index in [1.807, 2.05) is 34.6 Å². The van der Waals surface area contributed by atoms with E-state index in [-0.39, 0.29) is 23.4 Å². The summed E-state index contributed by atoms with van der Waals surface area (Å²) in [6.45, 7) is 13.5. The summed E-state index contributed by atoms with van der Waals surface area (Å²) in [5.74, 6) is -2.33. The number of aliphatic hydroxyl groups excluding tert-OH is 1. The van der Waals surface area contributed by atoms with Crippen LogP contribution >= 0.6 is 0 Å². The summed E-state index contributed by atoms with van der Waals surface area (Å²) in [4.78, 5) is 77.7. The largest absolute Gasteiger partial charge is 0.376 e. The molecule has 4 rings (SSSR count). The lowest BCUT2D eigenvalue weighted by Crippen LogP contribution is -2.64. The zero-order valence-corrected chi connectivity index (χ0v) is 30.4. The van der Waals surface area contributed by atoms with Crippen molar-refractivity contribution in [1.82, 2.24) is 36.1 Å². The first-order valence-corrected chi connectivity index (χ1v) is 18.4. The molecule has 1 aromatic heterocycles. The number of aromatic nitrogens is 2. The van der Waals surface area contributed by atoms with Gasteiger partial charge in [-0.05, 0) is 68.1 Å². The van der Waals surface area contributed by atoms with E-state index >= 15 is 0 Å². The van der Waals surface area contributed by atoms with E-state index < -0.39 is 59.3 Å². The number of allylic oxidation sites excluding steroid dienone is 1. The molecule has 276 valence electrons. The Kier molecular flexibility index (Phi) is 13.7. The van der Waals surface area contributed by atoms with Crippen LogP contribution in [-0.4, -0.2) is 86.3 Å². The lowest BCUT2D eigenvalue weighted by Gasteiger charge is -2.42. The fraction of sp³-hybridized carbons (Fsp3) is 0.703. The average Bonchev–Trinajstić information content (AvgIpc) is 3.74. The van der Waals surface area contributed by atoms with Crippen molar-refractivity contribution >= 4 is 29.4 Å². The van der Waals surface area contributed by atoms with E-state index in [2.05, 4.69) is 37.8 Å². The summed E-state index contributed by atoms with van der Waals surface area (Å²) < 4.78 is 0. The van der Waals surface area contributed by atoms with E-state index in [0.717, 1.165) is 44.9 Å². The Bertz CT molecular complexity index is 1380. The number of likely N-dealkylation sites (tertiary alicyclic amines) is 1. The molecule has 0 radical (unpaired) electrons. The maximum absolute atomic E-state index is 14.7. The van der Waals surface area contributed by atoms with Crippen LogP contribution in [0.4, 0.5) is 0 Å². The first-order chi connectivity index (χ1) is 23.7. The Morgan fingerprint density at radius 2 is 1.70 bits per heavy atom. The molecular weight excluding hydrogens is 638 g/mol. The minimum absolute atomic E-state index is 0.0984. The first-order valence-electron chi connectivity index (χ1n) is 18.4. The Balaban J connectivity index is 1.58. The van der Waals surface area contributed by atoms with Crippen LogP contribution in [0.3, 0.4) is 0 Å². The molecule has 4 amide bonds. The number of nitrogens with zero attached hydrogens (tertiary/aromatic N) is 3. The Morgan fingerprint density at radius 1 is 1.00 bits per heavy atom. The monoisotopic (exact) mass is 695 g/mol. The second-order valence-electron chi connectivity index (χ2n) is 15.5. The summed E-state index contributed by atoms with van der Waals surface area (Å²) in [6.07, 6.45) is 11.1. The number of hydrogen-bond donors (Lipinski definition) is 5. The summed E-state index contributed by atoms with van der Waals surface area (Å²) in [5, 5.41) is 23.2. The highest BCUT2D eigenvalue weighted by molar-refractivity contribution is 6.38. The second-order valence-corrected chi connectivity index (χ2v) is 15.5. The van der Waals surface area contributed by atoms with Gasteiger partial charge in [0.05, 0.1) is 18.3 Å². The van der Waals surface area contributed by atoms with Crippen molar-refractivity contribution in [2.24, 2.45) is 23.2 Å². The third kappa shape index (κ3) is 9.96. The Hall–Kier alpha value is -3.71. The standard InChI is InChI=1S/C37H57N7O6/c1-7-11-26(30(45)35(49)40-22(3)8-2)41-33(47)28-19-23-14-15-24(18-23)21-44(28)36(50)31(37(4,5)6)43-34(48)29(25-12-9-10-13-25)42-32(46)27-20-38-16-17-39-27/h16-17,20,23-26,28-29,31,33,41,47H,3,7-15,18-19,21H2,1-2,4-6H3,(H,40,49)(H,42,46)(H,43,48)/t23?,24-,26+,28+,29+,31-,33?/m1/s1. The Morgan fingerprint density at radius 3 is 2.32 bits per heavy atom. The number of hydrogen-bond acceptors (Lipinski definition) is 9. The predicted molar refractivity (Wildman–Crippen MR) is 188 cm³/mol. The van der Waals surface area contributed by atoms with Crippen LogP contribution in [0.2, 0.25) is 0 Å². The van der Waals surface area contributed by atoms with E-state index in [1.165, 1.54) is 18.6 Å². The van der Waals surface area contributed by atoms with Crippen LogP contribution in [0.5, 0.6) is 0 Å². The molecule has 3 fully saturated rings. The molecule has 2 saturated carbocycles. The molecule has 0 spiro atoms. The number of carbonyl (C=O) groups is 5. The van der Waals surface area contributed by atoms with Crippen molar-refractivity contribution in [3.63, 3.8) is 0 Å². The van der Waals surface area contributed by atoms with Crippen LogP contribution in [0, 0.1) is 23.2 Å². The minimum Gasteiger partial charge on any atom is -0.376 e. The van der Waals surface area contributed by atoms with E-state index in [4.69, 9.17) is 0 Å². The average molecular weight is 696 g/mol. The van der Waals surface area contributed by atoms with Crippen LogP contribution in [0.1, 0.15) is 116 Å². The molecule has 50 heavy (non-hydrogen) atoms. The molecule has 13 heteroatoms. The van der Waals surface area contributed by atoms with Gasteiger partial charge in [-0.3, -0.25) is 34.3 Å². The normalized spacial score (nSPS) is 23.2. The van der Waals surface area contributed by atoms with Gasteiger partial charge in [0.25, 0.3) is 11.8 Å². The van der Waals surface area contributed by atoms with Crippen molar-refractivity contribution in [3.05, 3.63) is 36.6 Å². The van der Waals surface area contributed by atoms with Crippen molar-refractivity contribution in [3.8, 4) is 0 Å². The highest BCUT2D eigenvalue weighted by atomic mass is 16.3. The maximum Gasteiger partial charge on any atom is 0.293 e. The van der Waals surface area contributed by atoms with E-state index in [9.17, 15) is 29.1 Å². The fourth-order valence-corrected chi connectivity index (χ4v) is 7.72. The first kappa shape index (κ1) is 39.1. The van der Waals surface area contributed by atoms with Gasteiger partial charge in [0.15, 0.2) is 0 Å². The topological polar surface area (TPSA) is 183 Å². The molecule has 0 aromatic carbocycles. The van der Waals surface area contributed by atoms with Crippen molar-refractivity contribution in [1.29, 1.82) is 0 Å². The van der Waals surface area contributed by atoms with Crippen molar-refractivity contribution in [2.75, 3.05) is 6.54 Å². The molecule has 2 unspecified atom stereocenters. The highest BCUT2D eigenvalue weighted by Gasteiger charge is 2.46. The molecule has 2 bridgehead atoms. The van der Waals surface area contributed by atoms with Gasteiger partial charge in [-0.2, -0.15) is 0 Å². The second kappa shape index (κ2) is 17.5. The van der Waals surface area contributed by atoms with E-state index in [0.29, 0.717) is 43.8 Å². The van der Waals surface area contributed by atoms with Gasteiger partial charge < -0.3 is 26.0 Å². The highest BCUT2D eigenvalue weighted by Crippen LogP contribution is 2.40. The summed E-state index contributed by atoms with van der Waals surface area (Å²) in [6, 6.07) is -3.50. The number of amides is 4. The molecule has 2 heterocycles. The number of ketones is 1. The van der Waals surface area contributed by atoms with Gasteiger partial charge in [-0.1, -0.05) is 66.9 Å². The van der Waals surface area contributed by atoms with Gasteiger partial charge in [0.2, 0.25) is 17.6 Å². The minimum atomic E-state index is -1.30. The lowest BCUT2D eigenvalue weighted by molar-refractivity contribution is -0.146. The predicted octanol–water partition coefficient (Wildman–Crippen LogP) is 3.00. The number of Topliss-reactive ketones (excluding diaryl/α,β-unsaturated/α-hetero) is 1. The van der Waals surface area contributed by atoms with Gasteiger partial charge in [-0.15, -0.1) is 0 Å². The number of carbonyl (C=O) groups excluding carboxylic acids is 5. The summed E-state index contributed by atoms with van der Waals surface area (Å²) in [7, 11) is 0. The van der Waals surface area contributed by atoms with Crippen LogP contribution in [0.15, 0.2) is 30.9 Å². The SMILES string of the molecule is C=C(CC)NC(=O)C(=O)[C@H](CCC)NC(O)[C@@H]1CC2CC[C@H](C2)CN1C(=O)[C@@H](NC(=O)[C@@H](NC(=O)c1cnccn1)C1CCCC1)C(C)(C)C. The molecular formula is C37H57N7O6.